The number of fused-ring (bicyclic) bond motifs is 1. The molecule has 1 amide bonds. The molecule has 33 heavy (non-hydrogen) atoms. The van der Waals surface area contributed by atoms with Crippen LogP contribution in [0.5, 0.6) is 0 Å². The van der Waals surface area contributed by atoms with E-state index in [0.717, 1.165) is 36.2 Å². The summed E-state index contributed by atoms with van der Waals surface area (Å²) in [4.78, 5) is 20.4. The van der Waals surface area contributed by atoms with Gasteiger partial charge in [-0.15, -0.1) is 0 Å². The number of nitrogens with one attached hydrogen (secondary N) is 1. The molecule has 2 aliphatic rings. The van der Waals surface area contributed by atoms with Crippen molar-refractivity contribution < 1.29 is 4.79 Å². The molecule has 6 heteroatoms. The quantitative estimate of drug-likeness (QED) is 0.464. The van der Waals surface area contributed by atoms with Gasteiger partial charge in [0.05, 0.1) is 10.6 Å². The third kappa shape index (κ3) is 4.85. The van der Waals surface area contributed by atoms with Crippen LogP contribution in [0.15, 0.2) is 40.2 Å². The summed E-state index contributed by atoms with van der Waals surface area (Å²) < 4.78 is 0. The summed E-state index contributed by atoms with van der Waals surface area (Å²) in [5, 5.41) is 4.16. The van der Waals surface area contributed by atoms with Crippen LogP contribution in [0.3, 0.4) is 0 Å². The van der Waals surface area contributed by atoms with E-state index in [-0.39, 0.29) is 11.4 Å². The minimum Gasteiger partial charge on any atom is -0.366 e. The molecule has 1 atom stereocenters. The molecule has 0 aromatic heterocycles. The highest BCUT2D eigenvalue weighted by Gasteiger charge is 2.36. The molecule has 4 rings (SSSR count). The van der Waals surface area contributed by atoms with E-state index in [4.69, 9.17) is 11.6 Å². The zero-order valence-corrected chi connectivity index (χ0v) is 21.8. The van der Waals surface area contributed by atoms with Crippen molar-refractivity contribution >= 4 is 51.9 Å². The molecule has 2 heterocycles. The zero-order valence-electron chi connectivity index (χ0n) is 20.3. The average Bonchev–Trinajstić information content (AvgIpc) is 3.07. The van der Waals surface area contributed by atoms with E-state index in [1.54, 1.807) is 0 Å². The molecule has 0 bridgehead atoms. The molecule has 1 N–H and O–H groups in total. The van der Waals surface area contributed by atoms with Crippen LogP contribution < -0.4 is 10.2 Å². The van der Waals surface area contributed by atoms with E-state index in [9.17, 15) is 4.79 Å². The Balaban J connectivity index is 1.66. The third-order valence-corrected chi connectivity index (χ3v) is 7.70. The lowest BCUT2D eigenvalue weighted by Gasteiger charge is -2.47. The average molecular weight is 482 g/mol. The SMILES string of the molecule is CCCN1c2cc(Cl)c(/C=C3/SC(=Nc4ccc(C)cc4C)NC3=O)cc2C(C)CC1(C)C. The van der Waals surface area contributed by atoms with E-state index in [1.807, 2.05) is 25.1 Å². The predicted molar refractivity (Wildman–Crippen MR) is 143 cm³/mol. The number of amides is 1. The fourth-order valence-electron chi connectivity index (χ4n) is 4.94. The van der Waals surface area contributed by atoms with Gasteiger partial charge in [0.2, 0.25) is 0 Å². The van der Waals surface area contributed by atoms with Gasteiger partial charge in [0.15, 0.2) is 5.17 Å². The molecule has 2 aliphatic heterocycles. The van der Waals surface area contributed by atoms with Crippen molar-refractivity contribution in [2.45, 2.75) is 65.8 Å². The monoisotopic (exact) mass is 481 g/mol. The molecule has 1 unspecified atom stereocenters. The summed E-state index contributed by atoms with van der Waals surface area (Å²) >= 11 is 8.11. The molecule has 4 nitrogen and oxygen atoms in total. The number of thioether (sulfide) groups is 1. The van der Waals surface area contributed by atoms with Crippen molar-refractivity contribution in [2.75, 3.05) is 11.4 Å². The molecular weight excluding hydrogens is 450 g/mol. The highest BCUT2D eigenvalue weighted by atomic mass is 35.5. The van der Waals surface area contributed by atoms with Crippen LogP contribution in [0.4, 0.5) is 11.4 Å². The number of hydrogen-bond acceptors (Lipinski definition) is 4. The Morgan fingerprint density at radius 3 is 2.73 bits per heavy atom. The van der Waals surface area contributed by atoms with E-state index in [1.165, 1.54) is 28.6 Å². The lowest BCUT2D eigenvalue weighted by molar-refractivity contribution is -0.115. The first kappa shape index (κ1) is 23.9. The van der Waals surface area contributed by atoms with Gasteiger partial charge in [-0.1, -0.05) is 43.1 Å². The standard InChI is InChI=1S/C27H32ClN3OS/c1-7-10-31-23-14-21(28)19(12-20(23)18(4)15-27(31,5)6)13-24-25(32)30-26(33-24)29-22-9-8-16(2)11-17(22)3/h8-9,11-14,18H,7,10,15H2,1-6H3,(H,29,30,32)/b24-13+. The number of carbonyl (C=O) groups is 1. The third-order valence-electron chi connectivity index (χ3n) is 6.46. The van der Waals surface area contributed by atoms with Gasteiger partial charge in [-0.3, -0.25) is 4.79 Å². The Morgan fingerprint density at radius 1 is 1.27 bits per heavy atom. The smallest absolute Gasteiger partial charge is 0.264 e. The Kier molecular flexibility index (Phi) is 6.66. The maximum atomic E-state index is 12.7. The van der Waals surface area contributed by atoms with Gasteiger partial charge in [0.1, 0.15) is 0 Å². The minimum absolute atomic E-state index is 0.0897. The summed E-state index contributed by atoms with van der Waals surface area (Å²) in [5.74, 6) is 0.281. The van der Waals surface area contributed by atoms with Gasteiger partial charge in [0, 0.05) is 22.8 Å². The molecule has 1 saturated heterocycles. The molecule has 0 radical (unpaired) electrons. The van der Waals surface area contributed by atoms with Crippen LogP contribution in [-0.2, 0) is 4.79 Å². The van der Waals surface area contributed by atoms with Crippen molar-refractivity contribution in [3.8, 4) is 0 Å². The van der Waals surface area contributed by atoms with E-state index in [0.29, 0.717) is 21.0 Å². The first-order valence-corrected chi connectivity index (χ1v) is 12.8. The fourth-order valence-corrected chi connectivity index (χ4v) is 5.98. The van der Waals surface area contributed by atoms with Crippen LogP contribution in [0.2, 0.25) is 5.02 Å². The van der Waals surface area contributed by atoms with E-state index < -0.39 is 0 Å². The van der Waals surface area contributed by atoms with E-state index in [2.05, 4.69) is 68.0 Å². The topological polar surface area (TPSA) is 44.7 Å². The lowest BCUT2D eigenvalue weighted by Crippen LogP contribution is -2.48. The first-order chi connectivity index (χ1) is 15.6. The number of aliphatic imine (C=N–C) groups is 1. The van der Waals surface area contributed by atoms with Gasteiger partial charge in [-0.2, -0.15) is 0 Å². The van der Waals surface area contributed by atoms with Crippen LogP contribution >= 0.6 is 23.4 Å². The lowest BCUT2D eigenvalue weighted by atomic mass is 9.79. The molecule has 2 aromatic rings. The zero-order chi connectivity index (χ0) is 23.9. The maximum Gasteiger partial charge on any atom is 0.264 e. The summed E-state index contributed by atoms with van der Waals surface area (Å²) in [5.41, 5.74) is 6.62. The number of nitrogens with zero attached hydrogens (tertiary/aromatic N) is 2. The van der Waals surface area contributed by atoms with Crippen molar-refractivity contribution in [2.24, 2.45) is 4.99 Å². The van der Waals surface area contributed by atoms with E-state index >= 15 is 0 Å². The second-order valence-electron chi connectivity index (χ2n) is 9.77. The normalized spacial score (nSPS) is 22.1. The molecule has 0 spiro atoms. The van der Waals surface area contributed by atoms with Gasteiger partial charge >= 0.3 is 0 Å². The minimum atomic E-state index is -0.140. The number of benzene rings is 2. The summed E-state index contributed by atoms with van der Waals surface area (Å²) in [6.45, 7) is 14.2. The second kappa shape index (κ2) is 9.19. The van der Waals surface area contributed by atoms with Crippen molar-refractivity contribution in [3.63, 3.8) is 0 Å². The second-order valence-corrected chi connectivity index (χ2v) is 11.2. The van der Waals surface area contributed by atoms with Crippen LogP contribution in [0.1, 0.15) is 68.7 Å². The number of aryl methyl sites for hydroxylation is 2. The van der Waals surface area contributed by atoms with Gasteiger partial charge in [0.25, 0.3) is 5.91 Å². The largest absolute Gasteiger partial charge is 0.366 e. The number of rotatable bonds is 4. The van der Waals surface area contributed by atoms with Crippen molar-refractivity contribution in [1.29, 1.82) is 0 Å². The molecular formula is C27H32ClN3OS. The van der Waals surface area contributed by atoms with Crippen molar-refractivity contribution in [1.82, 2.24) is 5.32 Å². The molecule has 0 saturated carbocycles. The highest BCUT2D eigenvalue weighted by molar-refractivity contribution is 8.18. The number of hydrogen-bond donors (Lipinski definition) is 1. The summed E-state index contributed by atoms with van der Waals surface area (Å²) in [6.07, 6.45) is 4.06. The number of halogens is 1. The number of amidine groups is 1. The fraction of sp³-hybridized carbons (Fsp3) is 0.407. The number of anilines is 1. The summed E-state index contributed by atoms with van der Waals surface area (Å²) in [7, 11) is 0. The highest BCUT2D eigenvalue weighted by Crippen LogP contribution is 2.46. The number of carbonyl (C=O) groups excluding carboxylic acids is 1. The Morgan fingerprint density at radius 2 is 2.03 bits per heavy atom. The summed E-state index contributed by atoms with van der Waals surface area (Å²) in [6, 6.07) is 10.4. The molecule has 2 aromatic carbocycles. The van der Waals surface area contributed by atoms with Gasteiger partial charge in [-0.05, 0) is 99.2 Å². The molecule has 174 valence electrons. The maximum absolute atomic E-state index is 12.7. The van der Waals surface area contributed by atoms with Crippen LogP contribution in [0.25, 0.3) is 6.08 Å². The van der Waals surface area contributed by atoms with Crippen LogP contribution in [-0.4, -0.2) is 23.2 Å². The van der Waals surface area contributed by atoms with Gasteiger partial charge < -0.3 is 10.2 Å². The Bertz CT molecular complexity index is 1170. The van der Waals surface area contributed by atoms with Crippen LogP contribution in [0, 0.1) is 13.8 Å². The molecule has 0 aliphatic carbocycles. The predicted octanol–water partition coefficient (Wildman–Crippen LogP) is 7.35. The Hall–Kier alpha value is -2.24. The molecule has 1 fully saturated rings. The van der Waals surface area contributed by atoms with Gasteiger partial charge in [-0.25, -0.2) is 4.99 Å². The Labute approximate surface area is 206 Å². The first-order valence-electron chi connectivity index (χ1n) is 11.6. The van der Waals surface area contributed by atoms with Crippen molar-refractivity contribution in [3.05, 3.63) is 62.5 Å².